The van der Waals surface area contributed by atoms with Crippen LogP contribution in [0.4, 0.5) is 0 Å². The van der Waals surface area contributed by atoms with E-state index in [0.29, 0.717) is 0 Å². The Kier molecular flexibility index (Phi) is 7.18. The minimum atomic E-state index is 0.844. The molecule has 1 aliphatic carbocycles. The molecule has 2 rings (SSSR count). The largest absolute Gasteiger partial charge is 0.382 e. The number of fused-ring (bicyclic) bond motifs is 1. The first-order valence-electron chi connectivity index (χ1n) is 8.41. The number of nitrogens with zero attached hydrogens (tertiary/aromatic N) is 1. The topological polar surface area (TPSA) is 24.5 Å². The molecular weight excluding hydrogens is 236 g/mol. The van der Waals surface area contributed by atoms with Crippen LogP contribution in [0.15, 0.2) is 0 Å². The van der Waals surface area contributed by atoms with E-state index < -0.39 is 0 Å². The second-order valence-electron chi connectivity index (χ2n) is 6.19. The fourth-order valence-corrected chi connectivity index (χ4v) is 3.69. The van der Waals surface area contributed by atoms with E-state index >= 15 is 0 Å². The Bertz CT molecular complexity index is 235. The molecule has 0 aromatic rings. The molecule has 2 atom stereocenters. The Hall–Kier alpha value is -0.120. The summed E-state index contributed by atoms with van der Waals surface area (Å²) in [4.78, 5) is 2.68. The van der Waals surface area contributed by atoms with E-state index in [-0.39, 0.29) is 0 Å². The van der Waals surface area contributed by atoms with Crippen LogP contribution in [0.5, 0.6) is 0 Å². The zero-order valence-corrected chi connectivity index (χ0v) is 12.7. The highest BCUT2D eigenvalue weighted by Gasteiger charge is 2.30. The van der Waals surface area contributed by atoms with Crippen molar-refractivity contribution >= 4 is 0 Å². The van der Waals surface area contributed by atoms with Crippen molar-refractivity contribution in [2.75, 3.05) is 45.9 Å². The van der Waals surface area contributed by atoms with Gasteiger partial charge in [-0.3, -0.25) is 0 Å². The summed E-state index contributed by atoms with van der Waals surface area (Å²) in [5, 5.41) is 3.54. The number of nitrogens with one attached hydrogen (secondary N) is 1. The van der Waals surface area contributed by atoms with Crippen molar-refractivity contribution in [3.05, 3.63) is 0 Å². The van der Waals surface area contributed by atoms with Crippen LogP contribution in [-0.2, 0) is 4.74 Å². The first-order valence-corrected chi connectivity index (χ1v) is 8.41. The summed E-state index contributed by atoms with van der Waals surface area (Å²) in [6.45, 7) is 9.98. The molecule has 0 amide bonds. The number of likely N-dealkylation sites (tertiary alicyclic amines) is 1. The van der Waals surface area contributed by atoms with E-state index in [4.69, 9.17) is 4.74 Å². The quantitative estimate of drug-likeness (QED) is 0.685. The number of hydrogen-bond donors (Lipinski definition) is 1. The van der Waals surface area contributed by atoms with Crippen LogP contribution in [0, 0.1) is 11.8 Å². The molecular formula is C16H32N2O. The number of ether oxygens (including phenoxy) is 1. The normalized spacial score (nSPS) is 28.3. The molecule has 1 saturated heterocycles. The zero-order chi connectivity index (χ0) is 13.3. The van der Waals surface area contributed by atoms with Gasteiger partial charge in [0.2, 0.25) is 0 Å². The standard InChI is InChI=1S/C16H32N2O/c1-2-19-13-5-9-17-10-12-18-11-8-15-6-3-4-7-16(15)14-18/h15-17H,2-14H2,1H3. The van der Waals surface area contributed by atoms with Gasteiger partial charge in [-0.1, -0.05) is 19.3 Å². The summed E-state index contributed by atoms with van der Waals surface area (Å²) < 4.78 is 5.34. The van der Waals surface area contributed by atoms with Crippen LogP contribution < -0.4 is 5.32 Å². The first-order chi connectivity index (χ1) is 9.40. The summed E-state index contributed by atoms with van der Waals surface area (Å²) >= 11 is 0. The Labute approximate surface area is 119 Å². The highest BCUT2D eigenvalue weighted by atomic mass is 16.5. The van der Waals surface area contributed by atoms with Gasteiger partial charge in [-0.2, -0.15) is 0 Å². The van der Waals surface area contributed by atoms with Crippen molar-refractivity contribution in [2.24, 2.45) is 11.8 Å². The Morgan fingerprint density at radius 1 is 1.11 bits per heavy atom. The molecule has 1 aliphatic heterocycles. The molecule has 1 N–H and O–H groups in total. The molecule has 0 bridgehead atoms. The SMILES string of the molecule is CCOCCCNCCN1CCC2CCCCC2C1. The number of hydrogen-bond acceptors (Lipinski definition) is 3. The van der Waals surface area contributed by atoms with E-state index in [9.17, 15) is 0 Å². The van der Waals surface area contributed by atoms with Gasteiger partial charge in [-0.25, -0.2) is 0 Å². The molecule has 2 fully saturated rings. The lowest BCUT2D eigenvalue weighted by Crippen LogP contribution is -2.44. The average Bonchev–Trinajstić information content (AvgIpc) is 2.46. The van der Waals surface area contributed by atoms with Gasteiger partial charge in [0.15, 0.2) is 0 Å². The highest BCUT2D eigenvalue weighted by molar-refractivity contribution is 4.83. The fourth-order valence-electron chi connectivity index (χ4n) is 3.69. The number of piperidine rings is 1. The minimum Gasteiger partial charge on any atom is -0.382 e. The lowest BCUT2D eigenvalue weighted by Gasteiger charge is -2.41. The van der Waals surface area contributed by atoms with Gasteiger partial charge >= 0.3 is 0 Å². The Morgan fingerprint density at radius 3 is 2.79 bits per heavy atom. The van der Waals surface area contributed by atoms with Crippen LogP contribution in [0.25, 0.3) is 0 Å². The van der Waals surface area contributed by atoms with Gasteiger partial charge in [-0.05, 0) is 51.1 Å². The highest BCUT2D eigenvalue weighted by Crippen LogP contribution is 2.35. The van der Waals surface area contributed by atoms with E-state index in [1.165, 1.54) is 51.7 Å². The predicted molar refractivity (Wildman–Crippen MR) is 80.5 cm³/mol. The minimum absolute atomic E-state index is 0.844. The van der Waals surface area contributed by atoms with Crippen molar-refractivity contribution in [3.63, 3.8) is 0 Å². The Balaban J connectivity index is 1.50. The summed E-state index contributed by atoms with van der Waals surface area (Å²) in [5.74, 6) is 2.07. The van der Waals surface area contributed by atoms with Crippen molar-refractivity contribution in [3.8, 4) is 0 Å². The van der Waals surface area contributed by atoms with E-state index in [2.05, 4.69) is 17.1 Å². The maximum absolute atomic E-state index is 5.34. The molecule has 0 radical (unpaired) electrons. The van der Waals surface area contributed by atoms with Gasteiger partial charge in [0.05, 0.1) is 0 Å². The van der Waals surface area contributed by atoms with Gasteiger partial charge in [0, 0.05) is 32.8 Å². The third-order valence-electron chi connectivity index (χ3n) is 4.83. The third kappa shape index (κ3) is 5.41. The molecule has 1 saturated carbocycles. The maximum Gasteiger partial charge on any atom is 0.0477 e. The molecule has 19 heavy (non-hydrogen) atoms. The van der Waals surface area contributed by atoms with Crippen LogP contribution in [0.3, 0.4) is 0 Å². The number of rotatable bonds is 8. The molecule has 0 aromatic carbocycles. The third-order valence-corrected chi connectivity index (χ3v) is 4.83. The summed E-state index contributed by atoms with van der Waals surface area (Å²) in [5.41, 5.74) is 0. The molecule has 0 spiro atoms. The van der Waals surface area contributed by atoms with E-state index in [0.717, 1.165) is 44.6 Å². The molecule has 2 aliphatic rings. The summed E-state index contributed by atoms with van der Waals surface area (Å²) in [6.07, 6.45) is 8.55. The van der Waals surface area contributed by atoms with Crippen molar-refractivity contribution < 1.29 is 4.74 Å². The molecule has 3 nitrogen and oxygen atoms in total. The molecule has 0 aromatic heterocycles. The predicted octanol–water partition coefficient (Wildman–Crippen LogP) is 2.51. The molecule has 2 unspecified atom stereocenters. The van der Waals surface area contributed by atoms with Gasteiger partial charge in [-0.15, -0.1) is 0 Å². The second kappa shape index (κ2) is 8.93. The monoisotopic (exact) mass is 268 g/mol. The molecule has 3 heteroatoms. The van der Waals surface area contributed by atoms with Gasteiger partial charge < -0.3 is 15.0 Å². The smallest absolute Gasteiger partial charge is 0.0477 e. The first kappa shape index (κ1) is 15.3. The lowest BCUT2D eigenvalue weighted by atomic mass is 9.75. The van der Waals surface area contributed by atoms with Crippen LogP contribution in [0.2, 0.25) is 0 Å². The van der Waals surface area contributed by atoms with Crippen molar-refractivity contribution in [1.29, 1.82) is 0 Å². The van der Waals surface area contributed by atoms with Crippen LogP contribution in [-0.4, -0.2) is 50.8 Å². The van der Waals surface area contributed by atoms with Crippen LogP contribution in [0.1, 0.15) is 45.4 Å². The van der Waals surface area contributed by atoms with E-state index in [1.807, 2.05) is 0 Å². The average molecular weight is 268 g/mol. The summed E-state index contributed by atoms with van der Waals surface area (Å²) in [7, 11) is 0. The van der Waals surface area contributed by atoms with Crippen LogP contribution >= 0.6 is 0 Å². The van der Waals surface area contributed by atoms with Crippen molar-refractivity contribution in [2.45, 2.75) is 45.4 Å². The summed E-state index contributed by atoms with van der Waals surface area (Å²) in [6, 6.07) is 0. The lowest BCUT2D eigenvalue weighted by molar-refractivity contribution is 0.0873. The van der Waals surface area contributed by atoms with E-state index in [1.54, 1.807) is 0 Å². The molecule has 1 heterocycles. The Morgan fingerprint density at radius 2 is 1.95 bits per heavy atom. The zero-order valence-electron chi connectivity index (χ0n) is 12.7. The van der Waals surface area contributed by atoms with Gasteiger partial charge in [0.25, 0.3) is 0 Å². The fraction of sp³-hybridized carbons (Fsp3) is 1.00. The molecule has 112 valence electrons. The van der Waals surface area contributed by atoms with Crippen molar-refractivity contribution in [1.82, 2.24) is 10.2 Å². The maximum atomic E-state index is 5.34. The second-order valence-corrected chi connectivity index (χ2v) is 6.19. The van der Waals surface area contributed by atoms with Gasteiger partial charge in [0.1, 0.15) is 0 Å².